The summed E-state index contributed by atoms with van der Waals surface area (Å²) in [5.41, 5.74) is 2.78. The van der Waals surface area contributed by atoms with Crippen LogP contribution < -0.4 is 5.32 Å². The molecular weight excluding hydrogens is 413 g/mol. The largest absolute Gasteiger partial charge is 0.418 e. The standard InChI is InChI=1S/C26H21F3N2O/c1-2-17-11-13-20(14-12-17)31-23(32)15-19-16-30-25-21(9-6-10-22(25)26(27,28)29)24(19)18-7-4-3-5-8-18/h3-14,16H,2,15H2,1H3,(H,31,32). The van der Waals surface area contributed by atoms with Gasteiger partial charge in [0.15, 0.2) is 0 Å². The van der Waals surface area contributed by atoms with Crippen LogP contribution in [-0.2, 0) is 23.8 Å². The van der Waals surface area contributed by atoms with Gasteiger partial charge >= 0.3 is 6.18 Å². The maximum atomic E-state index is 13.6. The molecule has 1 heterocycles. The molecule has 162 valence electrons. The number of nitrogens with zero attached hydrogens (tertiary/aromatic N) is 1. The number of aryl methyl sites for hydroxylation is 1. The van der Waals surface area contributed by atoms with Crippen molar-refractivity contribution in [3.05, 3.63) is 95.7 Å². The molecular formula is C26H21F3N2O. The van der Waals surface area contributed by atoms with E-state index in [2.05, 4.69) is 17.2 Å². The number of carbonyl (C=O) groups excluding carboxylic acids is 1. The SMILES string of the molecule is CCc1ccc(NC(=O)Cc2cnc3c(C(F)(F)F)cccc3c2-c2ccccc2)cc1. The number of hydrogen-bond donors (Lipinski definition) is 1. The molecule has 3 aromatic carbocycles. The van der Waals surface area contributed by atoms with Crippen LogP contribution in [0.25, 0.3) is 22.0 Å². The lowest BCUT2D eigenvalue weighted by molar-refractivity contribution is -0.136. The van der Waals surface area contributed by atoms with Crippen molar-refractivity contribution in [2.45, 2.75) is 25.9 Å². The highest BCUT2D eigenvalue weighted by Gasteiger charge is 2.33. The normalized spacial score (nSPS) is 11.5. The monoisotopic (exact) mass is 434 g/mol. The van der Waals surface area contributed by atoms with E-state index in [9.17, 15) is 18.0 Å². The van der Waals surface area contributed by atoms with E-state index in [0.29, 0.717) is 22.2 Å². The number of nitrogens with one attached hydrogen (secondary N) is 1. The zero-order valence-electron chi connectivity index (χ0n) is 17.4. The lowest BCUT2D eigenvalue weighted by Crippen LogP contribution is -2.15. The van der Waals surface area contributed by atoms with Gasteiger partial charge in [-0.3, -0.25) is 9.78 Å². The number of alkyl halides is 3. The number of fused-ring (bicyclic) bond motifs is 1. The number of benzene rings is 3. The average Bonchev–Trinajstić information content (AvgIpc) is 2.79. The van der Waals surface area contributed by atoms with Gasteiger partial charge in [0, 0.05) is 17.3 Å². The summed E-state index contributed by atoms with van der Waals surface area (Å²) in [7, 11) is 0. The first-order valence-electron chi connectivity index (χ1n) is 10.3. The van der Waals surface area contributed by atoms with Gasteiger partial charge in [0.1, 0.15) is 0 Å². The second kappa shape index (κ2) is 8.83. The first-order valence-corrected chi connectivity index (χ1v) is 10.3. The molecule has 1 N–H and O–H groups in total. The van der Waals surface area contributed by atoms with Gasteiger partial charge in [-0.25, -0.2) is 0 Å². The molecule has 0 aliphatic carbocycles. The van der Waals surface area contributed by atoms with Crippen LogP contribution in [0.4, 0.5) is 18.9 Å². The molecule has 1 aromatic heterocycles. The summed E-state index contributed by atoms with van der Waals surface area (Å²) in [6, 6.07) is 20.7. The molecule has 6 heteroatoms. The summed E-state index contributed by atoms with van der Waals surface area (Å²) >= 11 is 0. The maximum absolute atomic E-state index is 13.6. The van der Waals surface area contributed by atoms with Gasteiger partial charge < -0.3 is 5.32 Å². The van der Waals surface area contributed by atoms with Crippen molar-refractivity contribution in [2.24, 2.45) is 0 Å². The Morgan fingerprint density at radius 3 is 2.31 bits per heavy atom. The zero-order chi connectivity index (χ0) is 22.7. The van der Waals surface area contributed by atoms with Crippen LogP contribution in [0.2, 0.25) is 0 Å². The summed E-state index contributed by atoms with van der Waals surface area (Å²) in [6.07, 6.45) is -2.26. The van der Waals surface area contributed by atoms with E-state index >= 15 is 0 Å². The van der Waals surface area contributed by atoms with Gasteiger partial charge in [-0.1, -0.05) is 61.5 Å². The number of amides is 1. The third-order valence-electron chi connectivity index (χ3n) is 5.34. The maximum Gasteiger partial charge on any atom is 0.418 e. The Kier molecular flexibility index (Phi) is 5.95. The Morgan fingerprint density at radius 2 is 1.66 bits per heavy atom. The molecule has 0 bridgehead atoms. The molecule has 1 amide bonds. The number of pyridine rings is 1. The number of rotatable bonds is 5. The van der Waals surface area contributed by atoms with E-state index in [4.69, 9.17) is 0 Å². The van der Waals surface area contributed by atoms with Crippen molar-refractivity contribution in [2.75, 3.05) is 5.32 Å². The Bertz CT molecular complexity index is 1250. The van der Waals surface area contributed by atoms with Crippen LogP contribution in [0.5, 0.6) is 0 Å². The Labute approximate surface area is 183 Å². The number of para-hydroxylation sites is 1. The minimum atomic E-state index is -4.52. The molecule has 0 saturated carbocycles. The smallest absolute Gasteiger partial charge is 0.326 e. The highest BCUT2D eigenvalue weighted by atomic mass is 19.4. The van der Waals surface area contributed by atoms with Crippen LogP contribution in [0.3, 0.4) is 0 Å². The molecule has 0 unspecified atom stereocenters. The fourth-order valence-corrected chi connectivity index (χ4v) is 3.77. The second-order valence-electron chi connectivity index (χ2n) is 7.50. The lowest BCUT2D eigenvalue weighted by atomic mass is 9.93. The number of anilines is 1. The highest BCUT2D eigenvalue weighted by molar-refractivity contribution is 6.00. The molecule has 0 atom stereocenters. The predicted molar refractivity (Wildman–Crippen MR) is 120 cm³/mol. The minimum absolute atomic E-state index is 0.0149. The van der Waals surface area contributed by atoms with E-state index in [1.54, 1.807) is 6.07 Å². The summed E-state index contributed by atoms with van der Waals surface area (Å²) in [4.78, 5) is 16.9. The van der Waals surface area contributed by atoms with Crippen molar-refractivity contribution >= 4 is 22.5 Å². The second-order valence-corrected chi connectivity index (χ2v) is 7.50. The summed E-state index contributed by atoms with van der Waals surface area (Å²) in [5.74, 6) is -0.264. The van der Waals surface area contributed by atoms with Crippen LogP contribution in [0.15, 0.2) is 79.0 Å². The van der Waals surface area contributed by atoms with Crippen LogP contribution >= 0.6 is 0 Å². The van der Waals surface area contributed by atoms with Gasteiger partial charge in [0.2, 0.25) is 5.91 Å². The molecule has 0 aliphatic heterocycles. The molecule has 3 nitrogen and oxygen atoms in total. The molecule has 0 radical (unpaired) electrons. The van der Waals surface area contributed by atoms with Crippen molar-refractivity contribution < 1.29 is 18.0 Å². The minimum Gasteiger partial charge on any atom is -0.326 e. The van der Waals surface area contributed by atoms with E-state index < -0.39 is 11.7 Å². The van der Waals surface area contributed by atoms with Gasteiger partial charge in [0.05, 0.1) is 17.5 Å². The quantitative estimate of drug-likeness (QED) is 0.381. The van der Waals surface area contributed by atoms with Crippen molar-refractivity contribution in [1.82, 2.24) is 4.98 Å². The number of hydrogen-bond acceptors (Lipinski definition) is 2. The van der Waals surface area contributed by atoms with Gasteiger partial charge in [0.25, 0.3) is 0 Å². The number of carbonyl (C=O) groups is 1. The molecule has 32 heavy (non-hydrogen) atoms. The van der Waals surface area contributed by atoms with E-state index in [-0.39, 0.29) is 17.8 Å². The lowest BCUT2D eigenvalue weighted by Gasteiger charge is -2.16. The molecule has 0 spiro atoms. The Hall–Kier alpha value is -3.67. The third kappa shape index (κ3) is 4.49. The van der Waals surface area contributed by atoms with Gasteiger partial charge in [-0.2, -0.15) is 13.2 Å². The van der Waals surface area contributed by atoms with E-state index in [1.807, 2.05) is 54.6 Å². The Balaban J connectivity index is 1.76. The molecule has 4 rings (SSSR count). The Morgan fingerprint density at radius 1 is 0.938 bits per heavy atom. The summed E-state index contributed by atoms with van der Waals surface area (Å²) in [6.45, 7) is 2.05. The zero-order valence-corrected chi connectivity index (χ0v) is 17.4. The average molecular weight is 434 g/mol. The molecule has 0 fully saturated rings. The van der Waals surface area contributed by atoms with Crippen molar-refractivity contribution in [1.29, 1.82) is 0 Å². The third-order valence-corrected chi connectivity index (χ3v) is 5.34. The highest BCUT2D eigenvalue weighted by Crippen LogP contribution is 2.38. The first-order chi connectivity index (χ1) is 15.4. The van der Waals surface area contributed by atoms with Gasteiger partial charge in [-0.05, 0) is 46.9 Å². The molecule has 0 saturated heterocycles. The predicted octanol–water partition coefficient (Wildman–Crippen LogP) is 6.66. The van der Waals surface area contributed by atoms with Crippen LogP contribution in [0.1, 0.15) is 23.6 Å². The van der Waals surface area contributed by atoms with E-state index in [0.717, 1.165) is 23.6 Å². The van der Waals surface area contributed by atoms with Gasteiger partial charge in [-0.15, -0.1) is 0 Å². The van der Waals surface area contributed by atoms with Crippen molar-refractivity contribution in [3.63, 3.8) is 0 Å². The molecule has 0 aliphatic rings. The molecule has 4 aromatic rings. The number of halogens is 3. The van der Waals surface area contributed by atoms with Crippen LogP contribution in [0, 0.1) is 0 Å². The number of aromatic nitrogens is 1. The van der Waals surface area contributed by atoms with E-state index in [1.165, 1.54) is 12.3 Å². The summed E-state index contributed by atoms with van der Waals surface area (Å²) in [5, 5.41) is 3.22. The van der Waals surface area contributed by atoms with Crippen LogP contribution in [-0.4, -0.2) is 10.9 Å². The fraction of sp³-hybridized carbons (Fsp3) is 0.154. The first kappa shape index (κ1) is 21.6. The van der Waals surface area contributed by atoms with Crippen molar-refractivity contribution in [3.8, 4) is 11.1 Å². The fourth-order valence-electron chi connectivity index (χ4n) is 3.77. The topological polar surface area (TPSA) is 42.0 Å². The summed E-state index contributed by atoms with van der Waals surface area (Å²) < 4.78 is 40.7.